The highest BCUT2D eigenvalue weighted by atomic mass is 19.4. The smallest absolute Gasteiger partial charge is 0.393 e. The quantitative estimate of drug-likeness (QED) is 0.439. The molecule has 0 saturated carbocycles. The predicted molar refractivity (Wildman–Crippen MR) is 46.3 cm³/mol. The van der Waals surface area contributed by atoms with E-state index in [4.69, 9.17) is 0 Å². The van der Waals surface area contributed by atoms with Crippen LogP contribution in [0.15, 0.2) is 12.2 Å². The highest BCUT2D eigenvalue weighted by Gasteiger charge is 2.49. The maximum Gasteiger partial charge on any atom is 0.393 e. The van der Waals surface area contributed by atoms with E-state index in [1.807, 2.05) is 0 Å². The van der Waals surface area contributed by atoms with Crippen LogP contribution in [0.1, 0.15) is 13.3 Å². The molecule has 0 spiro atoms. The van der Waals surface area contributed by atoms with Gasteiger partial charge in [0.1, 0.15) is 0 Å². The zero-order chi connectivity index (χ0) is 14.7. The van der Waals surface area contributed by atoms with Crippen molar-refractivity contribution in [1.82, 2.24) is 0 Å². The summed E-state index contributed by atoms with van der Waals surface area (Å²) in [6.45, 7) is 3.14. The van der Waals surface area contributed by atoms with Gasteiger partial charge in [-0.2, -0.15) is 22.0 Å². The lowest BCUT2D eigenvalue weighted by molar-refractivity contribution is -0.204. The first-order chi connectivity index (χ1) is 7.88. The third-order valence-corrected chi connectivity index (χ3v) is 1.82. The van der Waals surface area contributed by atoms with Crippen LogP contribution in [-0.2, 0) is 9.53 Å². The van der Waals surface area contributed by atoms with Crippen molar-refractivity contribution in [1.29, 1.82) is 0 Å². The monoisotopic (exact) mass is 282 g/mol. The molecular weight excluding hydrogens is 273 g/mol. The van der Waals surface area contributed by atoms with Crippen LogP contribution in [0, 0.1) is 0 Å². The molecule has 9 heteroatoms. The standard InChI is InChI=1S/C9H9F7O2/c1-4(3-8(12,13)14)6(17)18-5(2)9(15,16)7(10)11/h5,7H,1,3H2,2H3. The van der Waals surface area contributed by atoms with Gasteiger partial charge in [0.2, 0.25) is 0 Å². The Morgan fingerprint density at radius 3 is 2.00 bits per heavy atom. The molecule has 18 heavy (non-hydrogen) atoms. The van der Waals surface area contributed by atoms with Crippen molar-refractivity contribution >= 4 is 5.97 Å². The number of halogens is 7. The minimum Gasteiger partial charge on any atom is -0.453 e. The molecule has 0 amide bonds. The maximum atomic E-state index is 12.6. The van der Waals surface area contributed by atoms with Crippen LogP contribution >= 0.6 is 0 Å². The molecule has 0 aromatic rings. The second-order valence-corrected chi connectivity index (χ2v) is 3.42. The number of carbonyl (C=O) groups is 1. The first kappa shape index (κ1) is 16.7. The van der Waals surface area contributed by atoms with Gasteiger partial charge in [0, 0.05) is 5.57 Å². The minimum atomic E-state index is -4.77. The fourth-order valence-corrected chi connectivity index (χ4v) is 0.814. The topological polar surface area (TPSA) is 26.3 Å². The summed E-state index contributed by atoms with van der Waals surface area (Å²) in [5, 5.41) is 0. The van der Waals surface area contributed by atoms with E-state index in [0.717, 1.165) is 0 Å². The lowest BCUT2D eigenvalue weighted by Gasteiger charge is -2.23. The van der Waals surface area contributed by atoms with Gasteiger partial charge in [0.25, 0.3) is 0 Å². The van der Waals surface area contributed by atoms with Crippen LogP contribution < -0.4 is 0 Å². The Hall–Kier alpha value is -1.28. The molecule has 0 bridgehead atoms. The summed E-state index contributed by atoms with van der Waals surface area (Å²) in [6, 6.07) is 0. The average Bonchev–Trinajstić information content (AvgIpc) is 2.14. The highest BCUT2D eigenvalue weighted by Crippen LogP contribution is 2.30. The van der Waals surface area contributed by atoms with Crippen LogP contribution in [0.5, 0.6) is 0 Å². The molecule has 0 aliphatic carbocycles. The number of rotatable bonds is 5. The van der Waals surface area contributed by atoms with Crippen molar-refractivity contribution in [2.75, 3.05) is 0 Å². The predicted octanol–water partition coefficient (Wildman–Crippen LogP) is 3.33. The van der Waals surface area contributed by atoms with Crippen molar-refractivity contribution in [3.63, 3.8) is 0 Å². The van der Waals surface area contributed by atoms with Crippen LogP contribution in [-0.4, -0.2) is 30.6 Å². The molecule has 106 valence electrons. The van der Waals surface area contributed by atoms with Crippen LogP contribution in [0.4, 0.5) is 30.7 Å². The zero-order valence-electron chi connectivity index (χ0n) is 9.03. The summed E-state index contributed by atoms with van der Waals surface area (Å²) < 4.78 is 88.2. The lowest BCUT2D eigenvalue weighted by Crippen LogP contribution is -2.41. The Labute approximate surface area is 97.4 Å². The van der Waals surface area contributed by atoms with Gasteiger partial charge < -0.3 is 4.74 Å². The maximum absolute atomic E-state index is 12.6. The van der Waals surface area contributed by atoms with Crippen LogP contribution in [0.3, 0.4) is 0 Å². The molecule has 0 rings (SSSR count). The summed E-state index contributed by atoms with van der Waals surface area (Å²) in [7, 11) is 0. The molecule has 1 unspecified atom stereocenters. The molecule has 1 atom stereocenters. The number of hydrogen-bond acceptors (Lipinski definition) is 2. The Balaban J connectivity index is 4.54. The molecule has 2 nitrogen and oxygen atoms in total. The number of ether oxygens (including phenoxy) is 1. The van der Waals surface area contributed by atoms with E-state index in [2.05, 4.69) is 11.3 Å². The fourth-order valence-electron chi connectivity index (χ4n) is 0.814. The third kappa shape index (κ3) is 4.92. The minimum absolute atomic E-state index is 0.449. The van der Waals surface area contributed by atoms with E-state index in [1.54, 1.807) is 0 Å². The molecule has 0 aliphatic rings. The summed E-state index contributed by atoms with van der Waals surface area (Å²) in [6.07, 6.45) is -13.2. The number of hydrogen-bond donors (Lipinski definition) is 0. The van der Waals surface area contributed by atoms with Crippen LogP contribution in [0.2, 0.25) is 0 Å². The molecule has 0 aromatic heterocycles. The van der Waals surface area contributed by atoms with Gasteiger partial charge in [-0.3, -0.25) is 0 Å². The lowest BCUT2D eigenvalue weighted by atomic mass is 10.2. The summed E-state index contributed by atoms with van der Waals surface area (Å²) >= 11 is 0. The average molecular weight is 282 g/mol. The van der Waals surface area contributed by atoms with Crippen LogP contribution in [0.25, 0.3) is 0 Å². The van der Waals surface area contributed by atoms with Gasteiger partial charge in [-0.25, -0.2) is 13.6 Å². The molecule has 0 heterocycles. The normalized spacial score (nSPS) is 14.5. The summed E-state index contributed by atoms with van der Waals surface area (Å²) in [5.74, 6) is -6.44. The molecular formula is C9H9F7O2. The van der Waals surface area contributed by atoms with Gasteiger partial charge in [-0.15, -0.1) is 0 Å². The SMILES string of the molecule is C=C(CC(F)(F)F)C(=O)OC(C)C(F)(F)C(F)F. The number of esters is 1. The molecule has 0 aliphatic heterocycles. The van der Waals surface area contributed by atoms with E-state index in [0.29, 0.717) is 6.92 Å². The summed E-state index contributed by atoms with van der Waals surface area (Å²) in [5.41, 5.74) is -1.14. The van der Waals surface area contributed by atoms with Gasteiger partial charge >= 0.3 is 24.5 Å². The Bertz CT molecular complexity index is 321. The van der Waals surface area contributed by atoms with E-state index in [1.165, 1.54) is 0 Å². The van der Waals surface area contributed by atoms with Crippen molar-refractivity contribution < 1.29 is 40.3 Å². The van der Waals surface area contributed by atoms with E-state index < -0.39 is 42.6 Å². The number of carbonyl (C=O) groups excluding carboxylic acids is 1. The Morgan fingerprint density at radius 2 is 1.67 bits per heavy atom. The Kier molecular flexibility index (Phi) is 5.18. The fraction of sp³-hybridized carbons (Fsp3) is 0.667. The van der Waals surface area contributed by atoms with E-state index in [9.17, 15) is 35.5 Å². The molecule has 0 aromatic carbocycles. The molecule has 0 saturated heterocycles. The highest BCUT2D eigenvalue weighted by molar-refractivity contribution is 5.87. The molecule has 0 fully saturated rings. The second-order valence-electron chi connectivity index (χ2n) is 3.42. The van der Waals surface area contributed by atoms with Gasteiger partial charge in [0.15, 0.2) is 6.10 Å². The first-order valence-electron chi connectivity index (χ1n) is 4.49. The van der Waals surface area contributed by atoms with E-state index >= 15 is 0 Å². The van der Waals surface area contributed by atoms with E-state index in [-0.39, 0.29) is 0 Å². The third-order valence-electron chi connectivity index (χ3n) is 1.82. The summed E-state index contributed by atoms with van der Waals surface area (Å²) in [4.78, 5) is 10.9. The van der Waals surface area contributed by atoms with Crippen molar-refractivity contribution in [3.8, 4) is 0 Å². The first-order valence-corrected chi connectivity index (χ1v) is 4.49. The Morgan fingerprint density at radius 1 is 1.22 bits per heavy atom. The van der Waals surface area contributed by atoms with Gasteiger partial charge in [0.05, 0.1) is 6.42 Å². The largest absolute Gasteiger partial charge is 0.453 e. The zero-order valence-corrected chi connectivity index (χ0v) is 9.03. The van der Waals surface area contributed by atoms with Crippen molar-refractivity contribution in [2.45, 2.75) is 38.0 Å². The van der Waals surface area contributed by atoms with Gasteiger partial charge in [-0.1, -0.05) is 6.58 Å². The molecule has 0 N–H and O–H groups in total. The van der Waals surface area contributed by atoms with Crippen molar-refractivity contribution in [3.05, 3.63) is 12.2 Å². The second kappa shape index (κ2) is 5.57. The van der Waals surface area contributed by atoms with Crippen molar-refractivity contribution in [2.24, 2.45) is 0 Å². The number of alkyl halides is 7. The molecule has 0 radical (unpaired) electrons. The van der Waals surface area contributed by atoms with Gasteiger partial charge in [-0.05, 0) is 6.92 Å².